The third-order valence-electron chi connectivity index (χ3n) is 3.48. The van der Waals surface area contributed by atoms with E-state index in [1.165, 1.54) is 0 Å². The number of aliphatic hydroxyl groups excluding tert-OH is 2. The van der Waals surface area contributed by atoms with Gasteiger partial charge in [-0.25, -0.2) is 0 Å². The first-order chi connectivity index (χ1) is 9.20. The average Bonchev–Trinajstić information content (AvgIpc) is 2.48. The van der Waals surface area contributed by atoms with Crippen molar-refractivity contribution in [3.05, 3.63) is 35.9 Å². The highest BCUT2D eigenvalue weighted by Gasteiger charge is 2.22. The van der Waals surface area contributed by atoms with Gasteiger partial charge in [-0.15, -0.1) is 0 Å². The molecule has 1 saturated heterocycles. The van der Waals surface area contributed by atoms with Crippen LogP contribution in [0, 0.1) is 0 Å². The van der Waals surface area contributed by atoms with Crippen molar-refractivity contribution < 1.29 is 15.0 Å². The normalized spacial score (nSPS) is 18.3. The van der Waals surface area contributed by atoms with Crippen LogP contribution < -0.4 is 0 Å². The van der Waals surface area contributed by atoms with Gasteiger partial charge in [0.25, 0.3) is 0 Å². The molecular weight excluding hydrogens is 244 g/mol. The Kier molecular flexibility index (Phi) is 4.90. The van der Waals surface area contributed by atoms with Crippen LogP contribution in [0.25, 0.3) is 0 Å². The fourth-order valence-electron chi connectivity index (χ4n) is 2.31. The van der Waals surface area contributed by atoms with Gasteiger partial charge in [-0.2, -0.15) is 0 Å². The number of aliphatic hydroxyl groups is 2. The molecule has 1 aromatic carbocycles. The van der Waals surface area contributed by atoms with Crippen molar-refractivity contribution in [1.82, 2.24) is 9.80 Å². The number of amides is 1. The molecule has 1 aliphatic heterocycles. The molecule has 0 aliphatic carbocycles. The lowest BCUT2D eigenvalue weighted by Crippen LogP contribution is -2.50. The Morgan fingerprint density at radius 2 is 1.79 bits per heavy atom. The molecule has 1 heterocycles. The number of carbonyl (C=O) groups is 1. The van der Waals surface area contributed by atoms with E-state index in [1.54, 1.807) is 4.90 Å². The van der Waals surface area contributed by atoms with Crippen LogP contribution in [0.1, 0.15) is 11.7 Å². The summed E-state index contributed by atoms with van der Waals surface area (Å²) in [7, 11) is 0. The predicted octanol–water partition coefficient (Wildman–Crippen LogP) is -0.143. The lowest BCUT2D eigenvalue weighted by atomic mass is 10.1. The van der Waals surface area contributed by atoms with Gasteiger partial charge in [-0.1, -0.05) is 30.3 Å². The maximum absolute atomic E-state index is 11.3. The largest absolute Gasteiger partial charge is 0.387 e. The van der Waals surface area contributed by atoms with Crippen molar-refractivity contribution >= 4 is 5.91 Å². The maximum atomic E-state index is 11.3. The molecule has 1 fully saturated rings. The topological polar surface area (TPSA) is 64.0 Å². The van der Waals surface area contributed by atoms with Crippen LogP contribution in [0.5, 0.6) is 0 Å². The van der Waals surface area contributed by atoms with Crippen molar-refractivity contribution in [3.63, 3.8) is 0 Å². The van der Waals surface area contributed by atoms with E-state index in [0.717, 1.165) is 18.7 Å². The van der Waals surface area contributed by atoms with Gasteiger partial charge in [0, 0.05) is 32.7 Å². The first-order valence-corrected chi connectivity index (χ1v) is 6.54. The summed E-state index contributed by atoms with van der Waals surface area (Å²) in [5.41, 5.74) is 0.913. The van der Waals surface area contributed by atoms with Gasteiger partial charge < -0.3 is 15.1 Å². The molecule has 0 spiro atoms. The van der Waals surface area contributed by atoms with E-state index in [-0.39, 0.29) is 5.91 Å². The summed E-state index contributed by atoms with van der Waals surface area (Å²) in [4.78, 5) is 15.1. The van der Waals surface area contributed by atoms with Crippen LogP contribution >= 0.6 is 0 Å². The van der Waals surface area contributed by atoms with Gasteiger partial charge in [-0.3, -0.25) is 9.69 Å². The molecule has 1 unspecified atom stereocenters. The second-order valence-electron chi connectivity index (χ2n) is 4.77. The highest BCUT2D eigenvalue weighted by Crippen LogP contribution is 2.14. The maximum Gasteiger partial charge on any atom is 0.248 e. The van der Waals surface area contributed by atoms with Gasteiger partial charge >= 0.3 is 0 Å². The van der Waals surface area contributed by atoms with Crippen molar-refractivity contribution in [1.29, 1.82) is 0 Å². The standard InChI is InChI=1S/C14H20N2O3/c17-11-14(19)16-8-6-15(7-9-16)10-13(18)12-4-2-1-3-5-12/h1-5,13,17-18H,6-11H2. The predicted molar refractivity (Wildman–Crippen MR) is 71.5 cm³/mol. The SMILES string of the molecule is O=C(CO)N1CCN(CC(O)c2ccccc2)CC1. The van der Waals surface area contributed by atoms with Crippen LogP contribution in [-0.2, 0) is 4.79 Å². The number of β-amino-alcohol motifs (C(OH)–C–C–N with tert-alkyl or cyclic N) is 1. The Morgan fingerprint density at radius 3 is 2.37 bits per heavy atom. The lowest BCUT2D eigenvalue weighted by molar-refractivity contribution is -0.136. The van der Waals surface area contributed by atoms with Crippen LogP contribution in [-0.4, -0.2) is 65.3 Å². The zero-order valence-corrected chi connectivity index (χ0v) is 10.9. The minimum Gasteiger partial charge on any atom is -0.387 e. The minimum atomic E-state index is -0.499. The first kappa shape index (κ1) is 14.0. The monoisotopic (exact) mass is 264 g/mol. The molecule has 1 aliphatic rings. The van der Waals surface area contributed by atoms with E-state index >= 15 is 0 Å². The fourth-order valence-corrected chi connectivity index (χ4v) is 2.31. The molecule has 5 heteroatoms. The van der Waals surface area contributed by atoms with Gasteiger partial charge in [0.15, 0.2) is 0 Å². The smallest absolute Gasteiger partial charge is 0.248 e. The van der Waals surface area contributed by atoms with Crippen molar-refractivity contribution in [2.24, 2.45) is 0 Å². The first-order valence-electron chi connectivity index (χ1n) is 6.54. The summed E-state index contributed by atoms with van der Waals surface area (Å²) in [6, 6.07) is 9.58. The molecule has 5 nitrogen and oxygen atoms in total. The van der Waals surface area contributed by atoms with E-state index in [2.05, 4.69) is 4.90 Å². The summed E-state index contributed by atoms with van der Waals surface area (Å²) >= 11 is 0. The molecule has 0 bridgehead atoms. The Morgan fingerprint density at radius 1 is 1.16 bits per heavy atom. The number of hydrogen-bond acceptors (Lipinski definition) is 4. The second kappa shape index (κ2) is 6.65. The van der Waals surface area contributed by atoms with E-state index < -0.39 is 12.7 Å². The lowest BCUT2D eigenvalue weighted by Gasteiger charge is -2.35. The Hall–Kier alpha value is -1.43. The summed E-state index contributed by atoms with van der Waals surface area (Å²) in [5, 5.41) is 18.9. The molecule has 0 saturated carbocycles. The third kappa shape index (κ3) is 3.76. The quantitative estimate of drug-likeness (QED) is 0.794. The van der Waals surface area contributed by atoms with Crippen molar-refractivity contribution in [3.8, 4) is 0 Å². The van der Waals surface area contributed by atoms with Gasteiger partial charge in [-0.05, 0) is 5.56 Å². The molecule has 2 N–H and O–H groups in total. The number of carbonyl (C=O) groups excluding carboxylic acids is 1. The Labute approximate surface area is 113 Å². The fraction of sp³-hybridized carbons (Fsp3) is 0.500. The second-order valence-corrected chi connectivity index (χ2v) is 4.77. The Balaban J connectivity index is 1.81. The van der Waals surface area contributed by atoms with E-state index in [9.17, 15) is 9.90 Å². The van der Waals surface area contributed by atoms with Gasteiger partial charge in [0.2, 0.25) is 5.91 Å². The number of nitrogens with zero attached hydrogens (tertiary/aromatic N) is 2. The summed E-state index contributed by atoms with van der Waals surface area (Å²) in [6.07, 6.45) is -0.499. The van der Waals surface area contributed by atoms with Gasteiger partial charge in [0.1, 0.15) is 6.61 Å². The molecule has 2 rings (SSSR count). The molecule has 1 aromatic rings. The molecule has 0 radical (unpaired) electrons. The van der Waals surface area contributed by atoms with Gasteiger partial charge in [0.05, 0.1) is 6.10 Å². The number of piperazine rings is 1. The zero-order chi connectivity index (χ0) is 13.7. The van der Waals surface area contributed by atoms with Crippen LogP contribution in [0.2, 0.25) is 0 Å². The molecule has 1 atom stereocenters. The molecule has 104 valence electrons. The van der Waals surface area contributed by atoms with Crippen LogP contribution in [0.4, 0.5) is 0 Å². The third-order valence-corrected chi connectivity index (χ3v) is 3.48. The molecule has 0 aromatic heterocycles. The summed E-state index contributed by atoms with van der Waals surface area (Å²) < 4.78 is 0. The van der Waals surface area contributed by atoms with E-state index in [0.29, 0.717) is 19.6 Å². The molecule has 1 amide bonds. The minimum absolute atomic E-state index is 0.219. The van der Waals surface area contributed by atoms with E-state index in [1.807, 2.05) is 30.3 Å². The van der Waals surface area contributed by atoms with Crippen molar-refractivity contribution in [2.45, 2.75) is 6.10 Å². The summed E-state index contributed by atoms with van der Waals surface area (Å²) in [6.45, 7) is 2.84. The van der Waals surface area contributed by atoms with Crippen LogP contribution in [0.15, 0.2) is 30.3 Å². The highest BCUT2D eigenvalue weighted by atomic mass is 16.3. The highest BCUT2D eigenvalue weighted by molar-refractivity contribution is 5.77. The number of benzene rings is 1. The Bertz CT molecular complexity index is 402. The molecular formula is C14H20N2O3. The van der Waals surface area contributed by atoms with E-state index in [4.69, 9.17) is 5.11 Å². The molecule has 19 heavy (non-hydrogen) atoms. The zero-order valence-electron chi connectivity index (χ0n) is 10.9. The summed E-state index contributed by atoms with van der Waals surface area (Å²) in [5.74, 6) is -0.219. The van der Waals surface area contributed by atoms with Crippen LogP contribution in [0.3, 0.4) is 0 Å². The number of rotatable bonds is 4. The van der Waals surface area contributed by atoms with Crippen molar-refractivity contribution in [2.75, 3.05) is 39.3 Å². The number of hydrogen-bond donors (Lipinski definition) is 2. The average molecular weight is 264 g/mol.